The second-order valence-corrected chi connectivity index (χ2v) is 12.9. The molecule has 0 saturated carbocycles. The zero-order valence-corrected chi connectivity index (χ0v) is 26.8. The van der Waals surface area contributed by atoms with Crippen LogP contribution in [0.5, 0.6) is 0 Å². The van der Waals surface area contributed by atoms with E-state index in [4.69, 9.17) is 9.30 Å². The Morgan fingerprint density at radius 2 is 1.05 bits per heavy atom. The molecule has 4 heteroatoms. The van der Waals surface area contributed by atoms with Gasteiger partial charge in [-0.05, 0) is 44.0 Å². The zero-order valence-electron chi connectivity index (χ0n) is 23.2. The summed E-state index contributed by atoms with van der Waals surface area (Å²) in [6.45, 7) is 13.3. The molecular weight excluding hydrogens is 694 g/mol. The van der Waals surface area contributed by atoms with E-state index >= 15 is 0 Å². The summed E-state index contributed by atoms with van der Waals surface area (Å²) in [7, 11) is -1.83. The topological polar surface area (TPSA) is 39.8 Å². The summed E-state index contributed by atoms with van der Waals surface area (Å²) in [4.78, 5) is 0. The third-order valence-corrected chi connectivity index (χ3v) is 11.3. The van der Waals surface area contributed by atoms with Gasteiger partial charge in [0.2, 0.25) is 0 Å². The Labute approximate surface area is 259 Å². The molecule has 0 amide bonds. The number of hydrogen-bond acceptors (Lipinski definition) is 0. The molecule has 0 N–H and O–H groups in total. The first kappa shape index (κ1) is 33.9. The van der Waals surface area contributed by atoms with Crippen LogP contribution in [-0.4, -0.2) is 6.16 Å². The SMILES string of the molecule is Cc1ccc(C2=[C-]C(c3ccc(C)cc3)C[P+]2(c2ccccc2)c2ccccc2)cc1.[C-]#[O+].[C-]#[O+].[CH]1C=CC=C1.[Re]. The molecule has 2 radical (unpaired) electrons. The van der Waals surface area contributed by atoms with Gasteiger partial charge in [0.05, 0.1) is 13.4 Å². The fourth-order valence-corrected chi connectivity index (χ4v) is 9.59. The van der Waals surface area contributed by atoms with Crippen molar-refractivity contribution in [3.63, 3.8) is 0 Å². The molecule has 0 bridgehead atoms. The summed E-state index contributed by atoms with van der Waals surface area (Å²) in [5, 5.41) is 4.29. The van der Waals surface area contributed by atoms with Crippen LogP contribution in [0.4, 0.5) is 0 Å². The van der Waals surface area contributed by atoms with Crippen LogP contribution >= 0.6 is 7.26 Å². The third-order valence-electron chi connectivity index (χ3n) is 6.90. The van der Waals surface area contributed by atoms with Crippen LogP contribution in [-0.2, 0) is 29.7 Å². The average molecular weight is 726 g/mol. The zero-order chi connectivity index (χ0) is 28.8. The van der Waals surface area contributed by atoms with Gasteiger partial charge in [-0.2, -0.15) is 0 Å². The number of rotatable bonds is 4. The molecule has 2 nitrogen and oxygen atoms in total. The maximum atomic E-state index is 7.50. The van der Waals surface area contributed by atoms with Gasteiger partial charge in [0.15, 0.2) is 0 Å². The molecule has 6 rings (SSSR count). The van der Waals surface area contributed by atoms with E-state index in [1.54, 1.807) is 0 Å². The molecular formula is C37H32O2PRe. The van der Waals surface area contributed by atoms with Gasteiger partial charge in [0.1, 0.15) is 10.6 Å². The van der Waals surface area contributed by atoms with Crippen molar-refractivity contribution < 1.29 is 29.7 Å². The fourth-order valence-electron chi connectivity index (χ4n) is 4.99. The van der Waals surface area contributed by atoms with E-state index in [0.29, 0.717) is 5.92 Å². The maximum absolute atomic E-state index is 7.50. The van der Waals surface area contributed by atoms with E-state index in [0.717, 1.165) is 6.16 Å². The number of hydrogen-bond donors (Lipinski definition) is 0. The number of benzene rings is 4. The minimum atomic E-state index is -1.83. The maximum Gasteiger partial charge on any atom is 0.00506 e. The molecule has 4 aromatic carbocycles. The summed E-state index contributed by atoms with van der Waals surface area (Å²) in [5.41, 5.74) is 5.27. The quantitative estimate of drug-likeness (QED) is 0.116. The van der Waals surface area contributed by atoms with Gasteiger partial charge >= 0.3 is 22.6 Å². The van der Waals surface area contributed by atoms with Crippen LogP contribution in [0.3, 0.4) is 0 Å². The van der Waals surface area contributed by atoms with Crippen LogP contribution < -0.4 is 10.6 Å². The van der Waals surface area contributed by atoms with E-state index in [1.165, 1.54) is 38.2 Å². The Kier molecular flexibility index (Phi) is 14.4. The van der Waals surface area contributed by atoms with E-state index in [-0.39, 0.29) is 20.4 Å². The summed E-state index contributed by atoms with van der Waals surface area (Å²) < 4.78 is 15.0. The second kappa shape index (κ2) is 17.5. The molecule has 2 aliphatic rings. The van der Waals surface area contributed by atoms with Gasteiger partial charge in [-0.15, -0.1) is 17.7 Å². The molecule has 41 heavy (non-hydrogen) atoms. The first-order valence-electron chi connectivity index (χ1n) is 13.0. The van der Waals surface area contributed by atoms with Crippen LogP contribution in [0.2, 0.25) is 0 Å². The Bertz CT molecular complexity index is 1410. The van der Waals surface area contributed by atoms with E-state index in [1.807, 2.05) is 30.7 Å². The van der Waals surface area contributed by atoms with Gasteiger partial charge in [-0.1, -0.05) is 119 Å². The predicted molar refractivity (Wildman–Crippen MR) is 166 cm³/mol. The van der Waals surface area contributed by atoms with Crippen molar-refractivity contribution in [3.05, 3.63) is 182 Å². The van der Waals surface area contributed by atoms with Crippen molar-refractivity contribution in [2.24, 2.45) is 0 Å². The van der Waals surface area contributed by atoms with Crippen LogP contribution in [0.25, 0.3) is 5.31 Å². The van der Waals surface area contributed by atoms with E-state index in [2.05, 4.69) is 142 Å². The van der Waals surface area contributed by atoms with Gasteiger partial charge in [-0.3, -0.25) is 0 Å². The van der Waals surface area contributed by atoms with Crippen molar-refractivity contribution in [1.29, 1.82) is 0 Å². The summed E-state index contributed by atoms with van der Waals surface area (Å²) in [6, 6.07) is 40.4. The molecule has 1 atom stereocenters. The molecule has 1 unspecified atom stereocenters. The minimum absolute atomic E-state index is 0. The monoisotopic (exact) mass is 726 g/mol. The van der Waals surface area contributed by atoms with Crippen molar-refractivity contribution in [1.82, 2.24) is 0 Å². The Morgan fingerprint density at radius 1 is 0.610 bits per heavy atom. The van der Waals surface area contributed by atoms with E-state index in [9.17, 15) is 0 Å². The van der Waals surface area contributed by atoms with Gasteiger partial charge < -0.3 is 0 Å². The Morgan fingerprint density at radius 3 is 1.46 bits per heavy atom. The largest absolute Gasteiger partial charge is 0.0767 e. The normalized spacial score (nSPS) is 15.4. The van der Waals surface area contributed by atoms with Gasteiger partial charge in [0, 0.05) is 26.8 Å². The van der Waals surface area contributed by atoms with Gasteiger partial charge in [-0.25, -0.2) is 6.08 Å². The number of allylic oxidation sites excluding steroid dienone is 5. The molecule has 0 fully saturated rings. The van der Waals surface area contributed by atoms with Crippen molar-refractivity contribution in [2.45, 2.75) is 19.8 Å². The standard InChI is InChI=1S/C30H27P.C5H5.2CO.Re/c1-23-13-17-25(18-14-23)27-21-30(26-19-15-24(2)16-20-26)31(22-27,28-9-5-3-6-10-28)29-11-7-4-8-12-29;1-2-4-5-3-1;2*1-2;/h3-20,27H,22H2,1-2H3;1-5H;;;. The first-order chi connectivity index (χ1) is 19.7. The summed E-state index contributed by atoms with van der Waals surface area (Å²) in [6.07, 6.45) is 15.1. The molecule has 204 valence electrons. The molecule has 0 aromatic heterocycles. The second-order valence-electron chi connectivity index (χ2n) is 9.45. The fraction of sp³-hybridized carbons (Fsp3) is 0.108. The molecule has 4 aromatic rings. The molecule has 0 saturated heterocycles. The van der Waals surface area contributed by atoms with Gasteiger partial charge in [0.25, 0.3) is 0 Å². The smallest absolute Gasteiger partial charge is 0.00506 e. The number of aryl methyl sites for hydroxylation is 2. The predicted octanol–water partition coefficient (Wildman–Crippen LogP) is 8.15. The summed E-state index contributed by atoms with van der Waals surface area (Å²) in [5.74, 6) is 0.297. The van der Waals surface area contributed by atoms with Crippen molar-refractivity contribution in [2.75, 3.05) is 6.16 Å². The van der Waals surface area contributed by atoms with Crippen LogP contribution in [0.15, 0.2) is 133 Å². The molecule has 0 spiro atoms. The Hall–Kier alpha value is -3.33. The molecule has 1 heterocycles. The van der Waals surface area contributed by atoms with Crippen LogP contribution in [0, 0.1) is 39.6 Å². The third kappa shape index (κ3) is 8.35. The van der Waals surface area contributed by atoms with Crippen LogP contribution in [0.1, 0.15) is 28.2 Å². The van der Waals surface area contributed by atoms with E-state index < -0.39 is 7.26 Å². The van der Waals surface area contributed by atoms with Crippen molar-refractivity contribution in [3.8, 4) is 0 Å². The molecule has 1 aliphatic carbocycles. The average Bonchev–Trinajstić information content (AvgIpc) is 3.74. The Balaban J connectivity index is 0.000000517. The summed E-state index contributed by atoms with van der Waals surface area (Å²) >= 11 is 0. The minimum Gasteiger partial charge on any atom is -0.0767 e. The molecule has 1 aliphatic heterocycles. The van der Waals surface area contributed by atoms with Crippen molar-refractivity contribution >= 4 is 23.2 Å². The first-order valence-corrected chi connectivity index (χ1v) is 15.0.